The fourth-order valence-corrected chi connectivity index (χ4v) is 3.88. The zero-order valence-corrected chi connectivity index (χ0v) is 17.8. The molecule has 9 heteroatoms. The van der Waals surface area contributed by atoms with Gasteiger partial charge in [-0.05, 0) is 44.2 Å². The molecule has 0 radical (unpaired) electrons. The Kier molecular flexibility index (Phi) is 5.96. The predicted octanol–water partition coefficient (Wildman–Crippen LogP) is 3.07. The van der Waals surface area contributed by atoms with E-state index in [0.29, 0.717) is 17.2 Å². The second kappa shape index (κ2) is 8.16. The Morgan fingerprint density at radius 2 is 1.60 bits per heavy atom. The number of hydroxylamine groups is 2. The summed E-state index contributed by atoms with van der Waals surface area (Å²) < 4.78 is 34.6. The molecule has 1 heterocycles. The number of hydrogen-bond acceptors (Lipinski definition) is 7. The summed E-state index contributed by atoms with van der Waals surface area (Å²) in [6.45, 7) is 5.21. The second-order valence-electron chi connectivity index (χ2n) is 7.68. The molecule has 3 rings (SSSR count). The number of carbonyl (C=O) groups is 3. The molecule has 0 aliphatic carbocycles. The number of rotatable bonds is 8. The SMILES string of the molecule is CCC(C)(C)C(=O)OCCCS(=O)(=O)ON1C(=O)c2cccc3cccc(c23)C1=O. The minimum absolute atomic E-state index is 0.0315. The Hall–Kier alpha value is -2.78. The van der Waals surface area contributed by atoms with E-state index >= 15 is 0 Å². The van der Waals surface area contributed by atoms with Crippen LogP contribution in [0.3, 0.4) is 0 Å². The van der Waals surface area contributed by atoms with Crippen molar-refractivity contribution in [3.05, 3.63) is 47.5 Å². The molecule has 0 saturated heterocycles. The summed E-state index contributed by atoms with van der Waals surface area (Å²) >= 11 is 0. The third-order valence-electron chi connectivity index (χ3n) is 5.13. The van der Waals surface area contributed by atoms with Crippen LogP contribution in [0.4, 0.5) is 0 Å². The molecule has 0 fully saturated rings. The molecule has 0 N–H and O–H groups in total. The van der Waals surface area contributed by atoms with Crippen molar-refractivity contribution < 1.29 is 31.8 Å². The zero-order valence-electron chi connectivity index (χ0n) is 17.0. The Labute approximate surface area is 174 Å². The highest BCUT2D eigenvalue weighted by Gasteiger charge is 2.37. The fourth-order valence-electron chi connectivity index (χ4n) is 2.97. The average molecular weight is 433 g/mol. The quantitative estimate of drug-likeness (QED) is 0.358. The molecule has 0 aromatic heterocycles. The molecule has 2 aromatic rings. The number of carbonyl (C=O) groups excluding carboxylic acids is 3. The topological polar surface area (TPSA) is 107 Å². The largest absolute Gasteiger partial charge is 0.465 e. The Bertz CT molecular complexity index is 1070. The van der Waals surface area contributed by atoms with Gasteiger partial charge in [-0.2, -0.15) is 8.42 Å². The number of nitrogens with zero attached hydrogens (tertiary/aromatic N) is 1. The number of amides is 2. The van der Waals surface area contributed by atoms with Crippen molar-refractivity contribution in [2.75, 3.05) is 12.4 Å². The lowest BCUT2D eigenvalue weighted by Crippen LogP contribution is -2.42. The van der Waals surface area contributed by atoms with E-state index in [1.165, 1.54) is 12.1 Å². The summed E-state index contributed by atoms with van der Waals surface area (Å²) in [6.07, 6.45) is 0.552. The first kappa shape index (κ1) is 21.9. The van der Waals surface area contributed by atoms with Crippen molar-refractivity contribution in [1.29, 1.82) is 0 Å². The number of benzene rings is 2. The number of esters is 1. The number of ether oxygens (including phenoxy) is 1. The maximum absolute atomic E-state index is 12.7. The second-order valence-corrected chi connectivity index (χ2v) is 9.35. The highest BCUT2D eigenvalue weighted by molar-refractivity contribution is 7.86. The van der Waals surface area contributed by atoms with Crippen LogP contribution in [0, 0.1) is 5.41 Å². The van der Waals surface area contributed by atoms with E-state index in [9.17, 15) is 22.8 Å². The van der Waals surface area contributed by atoms with Crippen molar-refractivity contribution in [3.63, 3.8) is 0 Å². The molecule has 160 valence electrons. The van der Waals surface area contributed by atoms with Crippen LogP contribution in [-0.4, -0.2) is 43.6 Å². The van der Waals surface area contributed by atoms with Gasteiger partial charge in [0, 0.05) is 5.39 Å². The first-order valence-electron chi connectivity index (χ1n) is 9.57. The summed E-state index contributed by atoms with van der Waals surface area (Å²) in [5, 5.41) is 1.45. The molecule has 0 atom stereocenters. The standard InChI is InChI=1S/C21H23NO7S/c1-4-21(2,3)20(25)28-12-7-13-30(26,27)29-22-18(23)15-10-5-8-14-9-6-11-16(17(14)15)19(22)24/h5-6,8-11H,4,7,12-13H2,1-3H3. The van der Waals surface area contributed by atoms with Crippen LogP contribution in [0.2, 0.25) is 0 Å². The molecular formula is C21H23NO7S. The van der Waals surface area contributed by atoms with Crippen molar-refractivity contribution in [2.45, 2.75) is 33.6 Å². The third kappa shape index (κ3) is 4.22. The third-order valence-corrected chi connectivity index (χ3v) is 6.30. The lowest BCUT2D eigenvalue weighted by molar-refractivity contribution is -0.154. The average Bonchev–Trinajstić information content (AvgIpc) is 2.72. The maximum Gasteiger partial charge on any atom is 0.311 e. The van der Waals surface area contributed by atoms with E-state index in [4.69, 9.17) is 9.02 Å². The number of imide groups is 1. The monoisotopic (exact) mass is 433 g/mol. The van der Waals surface area contributed by atoms with Gasteiger partial charge in [-0.3, -0.25) is 14.4 Å². The van der Waals surface area contributed by atoms with Gasteiger partial charge >= 0.3 is 5.97 Å². The normalized spacial score (nSPS) is 14.3. The summed E-state index contributed by atoms with van der Waals surface area (Å²) in [4.78, 5) is 37.3. The molecule has 2 amide bonds. The van der Waals surface area contributed by atoms with Crippen molar-refractivity contribution in [2.24, 2.45) is 5.41 Å². The van der Waals surface area contributed by atoms with E-state index < -0.39 is 39.1 Å². The van der Waals surface area contributed by atoms with Gasteiger partial charge < -0.3 is 4.74 Å². The summed E-state index contributed by atoms with van der Waals surface area (Å²) in [6, 6.07) is 9.84. The van der Waals surface area contributed by atoms with Gasteiger partial charge in [-0.15, -0.1) is 9.35 Å². The lowest BCUT2D eigenvalue weighted by atomic mass is 9.91. The zero-order chi connectivity index (χ0) is 22.1. The van der Waals surface area contributed by atoms with E-state index in [1.807, 2.05) is 6.92 Å². The molecule has 0 saturated carbocycles. The summed E-state index contributed by atoms with van der Waals surface area (Å²) in [7, 11) is -4.26. The highest BCUT2D eigenvalue weighted by atomic mass is 32.2. The van der Waals surface area contributed by atoms with Gasteiger partial charge in [0.05, 0.1) is 28.9 Å². The smallest absolute Gasteiger partial charge is 0.311 e. The van der Waals surface area contributed by atoms with Gasteiger partial charge in [-0.1, -0.05) is 31.2 Å². The van der Waals surface area contributed by atoms with Crippen molar-refractivity contribution in [1.82, 2.24) is 5.06 Å². The lowest BCUT2D eigenvalue weighted by Gasteiger charge is -2.25. The van der Waals surface area contributed by atoms with Crippen LogP contribution in [-0.2, 0) is 23.9 Å². The Balaban J connectivity index is 1.68. The van der Waals surface area contributed by atoms with Gasteiger partial charge in [0.2, 0.25) is 0 Å². The van der Waals surface area contributed by atoms with Crippen LogP contribution < -0.4 is 0 Å². The molecular weight excluding hydrogens is 410 g/mol. The molecule has 2 aromatic carbocycles. The van der Waals surface area contributed by atoms with Crippen LogP contribution in [0.15, 0.2) is 36.4 Å². The Morgan fingerprint density at radius 1 is 1.03 bits per heavy atom. The van der Waals surface area contributed by atoms with Crippen LogP contribution in [0.1, 0.15) is 54.3 Å². The highest BCUT2D eigenvalue weighted by Crippen LogP contribution is 2.30. The maximum atomic E-state index is 12.7. The molecule has 30 heavy (non-hydrogen) atoms. The van der Waals surface area contributed by atoms with Gasteiger partial charge in [0.1, 0.15) is 0 Å². The minimum Gasteiger partial charge on any atom is -0.465 e. The summed E-state index contributed by atoms with van der Waals surface area (Å²) in [5.41, 5.74) is -0.279. The predicted molar refractivity (Wildman–Crippen MR) is 109 cm³/mol. The molecule has 8 nitrogen and oxygen atoms in total. The van der Waals surface area contributed by atoms with Crippen LogP contribution in [0.5, 0.6) is 0 Å². The first-order valence-corrected chi connectivity index (χ1v) is 11.1. The van der Waals surface area contributed by atoms with Gasteiger partial charge in [0.15, 0.2) is 0 Å². The van der Waals surface area contributed by atoms with Crippen LogP contribution in [0.25, 0.3) is 10.8 Å². The van der Waals surface area contributed by atoms with Crippen LogP contribution >= 0.6 is 0 Å². The minimum atomic E-state index is -4.26. The van der Waals surface area contributed by atoms with Gasteiger partial charge in [-0.25, -0.2) is 0 Å². The fraction of sp³-hybridized carbons (Fsp3) is 0.381. The molecule has 1 aliphatic heterocycles. The van der Waals surface area contributed by atoms with E-state index in [2.05, 4.69) is 0 Å². The van der Waals surface area contributed by atoms with E-state index in [-0.39, 0.29) is 29.2 Å². The van der Waals surface area contributed by atoms with Crippen molar-refractivity contribution >= 4 is 38.7 Å². The Morgan fingerprint density at radius 3 is 2.13 bits per heavy atom. The van der Waals surface area contributed by atoms with E-state index in [0.717, 1.165) is 0 Å². The molecule has 0 spiro atoms. The van der Waals surface area contributed by atoms with Gasteiger partial charge in [0.25, 0.3) is 21.9 Å². The summed E-state index contributed by atoms with van der Waals surface area (Å²) in [5.74, 6) is -2.63. The molecule has 0 bridgehead atoms. The number of hydrogen-bond donors (Lipinski definition) is 0. The molecule has 1 aliphatic rings. The molecule has 0 unspecified atom stereocenters. The van der Waals surface area contributed by atoms with E-state index in [1.54, 1.807) is 38.1 Å². The van der Waals surface area contributed by atoms with Crippen molar-refractivity contribution in [3.8, 4) is 0 Å². The first-order chi connectivity index (χ1) is 14.1.